The first-order chi connectivity index (χ1) is 18.3. The van der Waals surface area contributed by atoms with Crippen molar-refractivity contribution in [3.8, 4) is 5.75 Å². The zero-order valence-electron chi connectivity index (χ0n) is 21.6. The minimum Gasteiger partial charge on any atom is -0.508 e. The molecule has 9 N–H and O–H groups in total. The van der Waals surface area contributed by atoms with E-state index in [1.807, 2.05) is 13.8 Å². The van der Waals surface area contributed by atoms with Gasteiger partial charge in [0, 0.05) is 24.7 Å². The number of nitrogens with one attached hydrogen (secondary N) is 4. The maximum atomic E-state index is 13.2. The molecule has 14 heteroatoms. The van der Waals surface area contributed by atoms with E-state index in [4.69, 9.17) is 5.73 Å². The lowest BCUT2D eigenvalue weighted by atomic mass is 10.0. The van der Waals surface area contributed by atoms with Crippen molar-refractivity contribution in [1.29, 1.82) is 0 Å². The minimum absolute atomic E-state index is 0.0312. The third-order valence-corrected chi connectivity index (χ3v) is 5.68. The second-order valence-electron chi connectivity index (χ2n) is 9.51. The monoisotopic (exact) mass is 546 g/mol. The van der Waals surface area contributed by atoms with Gasteiger partial charge in [0.1, 0.15) is 23.9 Å². The number of carboxylic acid groups (broad SMARTS) is 2. The van der Waals surface area contributed by atoms with E-state index in [0.717, 1.165) is 0 Å². The Bertz CT molecular complexity index is 1140. The van der Waals surface area contributed by atoms with Crippen LogP contribution in [0.3, 0.4) is 0 Å². The van der Waals surface area contributed by atoms with Gasteiger partial charge in [0.15, 0.2) is 0 Å². The molecule has 0 saturated carbocycles. The van der Waals surface area contributed by atoms with E-state index in [1.165, 1.54) is 36.8 Å². The van der Waals surface area contributed by atoms with Crippen molar-refractivity contribution < 1.29 is 39.3 Å². The Morgan fingerprint density at radius 2 is 1.49 bits per heavy atom. The fourth-order valence-electron chi connectivity index (χ4n) is 3.72. The van der Waals surface area contributed by atoms with Crippen LogP contribution in [0, 0.1) is 5.92 Å². The number of nitrogens with two attached hydrogens (primary N) is 1. The first kappa shape index (κ1) is 30.8. The van der Waals surface area contributed by atoms with Gasteiger partial charge in [0.2, 0.25) is 17.7 Å². The minimum atomic E-state index is -1.55. The van der Waals surface area contributed by atoms with Crippen LogP contribution < -0.4 is 21.7 Å². The van der Waals surface area contributed by atoms with Crippen LogP contribution in [0.4, 0.5) is 0 Å². The SMILES string of the molecule is CC(C)CC(N)C(=O)NC(CC(=O)O)C(=O)NC(Cc1ccc(O)cc1)C(=O)NC(Cc1cnc[nH]1)C(=O)O. The van der Waals surface area contributed by atoms with Crippen LogP contribution in [0.1, 0.15) is 37.9 Å². The normalized spacial score (nSPS) is 14.1. The molecule has 0 aliphatic carbocycles. The summed E-state index contributed by atoms with van der Waals surface area (Å²) in [5.41, 5.74) is 6.82. The van der Waals surface area contributed by atoms with Crippen LogP contribution in [-0.2, 0) is 36.8 Å². The number of amides is 3. The van der Waals surface area contributed by atoms with E-state index >= 15 is 0 Å². The summed E-state index contributed by atoms with van der Waals surface area (Å²) in [4.78, 5) is 68.6. The van der Waals surface area contributed by atoms with Gasteiger partial charge in [-0.15, -0.1) is 0 Å². The number of carbonyl (C=O) groups is 5. The highest BCUT2D eigenvalue weighted by Crippen LogP contribution is 2.12. The average molecular weight is 547 g/mol. The average Bonchev–Trinajstić information content (AvgIpc) is 3.36. The summed E-state index contributed by atoms with van der Waals surface area (Å²) in [6, 6.07) is 0.476. The van der Waals surface area contributed by atoms with Crippen molar-refractivity contribution in [1.82, 2.24) is 25.9 Å². The first-order valence-corrected chi connectivity index (χ1v) is 12.2. The fraction of sp³-hybridized carbons (Fsp3) is 0.440. The molecule has 0 aliphatic rings. The van der Waals surface area contributed by atoms with Crippen molar-refractivity contribution in [2.24, 2.45) is 11.7 Å². The molecular formula is C25H34N6O8. The molecule has 0 bridgehead atoms. The number of carbonyl (C=O) groups excluding carboxylic acids is 3. The highest BCUT2D eigenvalue weighted by Gasteiger charge is 2.32. The molecule has 0 radical (unpaired) electrons. The number of hydrogen-bond donors (Lipinski definition) is 8. The number of aromatic hydroxyl groups is 1. The molecule has 1 aromatic heterocycles. The molecule has 2 aromatic rings. The molecule has 2 rings (SSSR count). The molecular weight excluding hydrogens is 512 g/mol. The summed E-state index contributed by atoms with van der Waals surface area (Å²) in [7, 11) is 0. The van der Waals surface area contributed by atoms with Gasteiger partial charge < -0.3 is 42.0 Å². The number of aliphatic carboxylic acids is 2. The van der Waals surface area contributed by atoms with E-state index in [9.17, 15) is 39.3 Å². The van der Waals surface area contributed by atoms with Gasteiger partial charge in [-0.1, -0.05) is 26.0 Å². The van der Waals surface area contributed by atoms with Gasteiger partial charge in [-0.2, -0.15) is 0 Å². The van der Waals surface area contributed by atoms with Gasteiger partial charge in [0.25, 0.3) is 0 Å². The van der Waals surface area contributed by atoms with Gasteiger partial charge in [-0.25, -0.2) is 9.78 Å². The Morgan fingerprint density at radius 1 is 0.897 bits per heavy atom. The number of aromatic amines is 1. The maximum Gasteiger partial charge on any atom is 0.326 e. The highest BCUT2D eigenvalue weighted by atomic mass is 16.4. The van der Waals surface area contributed by atoms with Crippen molar-refractivity contribution in [3.05, 3.63) is 48.0 Å². The van der Waals surface area contributed by atoms with Gasteiger partial charge >= 0.3 is 11.9 Å². The summed E-state index contributed by atoms with van der Waals surface area (Å²) < 4.78 is 0. The summed E-state index contributed by atoms with van der Waals surface area (Å²) >= 11 is 0. The molecule has 3 amide bonds. The van der Waals surface area contributed by atoms with E-state index < -0.39 is 60.2 Å². The molecule has 0 spiro atoms. The van der Waals surface area contributed by atoms with Gasteiger partial charge in [0.05, 0.1) is 18.8 Å². The summed E-state index contributed by atoms with van der Waals surface area (Å²) in [6.07, 6.45) is 2.03. The Morgan fingerprint density at radius 3 is 2.03 bits per heavy atom. The van der Waals surface area contributed by atoms with E-state index in [2.05, 4.69) is 25.9 Å². The Hall–Kier alpha value is -4.46. The number of carboxylic acids is 2. The summed E-state index contributed by atoms with van der Waals surface area (Å²) in [6.45, 7) is 3.69. The molecule has 0 aliphatic heterocycles. The van der Waals surface area contributed by atoms with Crippen LogP contribution in [0.25, 0.3) is 0 Å². The predicted octanol–water partition coefficient (Wildman–Crippen LogP) is -0.712. The standard InChI is InChI=1S/C25H34N6O8/c1-13(2)7-17(26)22(35)29-19(10-21(33)34)24(37)30-18(8-14-3-5-16(32)6-4-14)23(36)31-20(25(38)39)9-15-11-27-12-28-15/h3-6,11-13,17-20,32H,7-10,26H2,1-2H3,(H,27,28)(H,29,35)(H,30,37)(H,31,36)(H,33,34)(H,38,39). The van der Waals surface area contributed by atoms with E-state index in [-0.39, 0.29) is 24.5 Å². The fourth-order valence-corrected chi connectivity index (χ4v) is 3.72. The third-order valence-electron chi connectivity index (χ3n) is 5.68. The number of H-pyrrole nitrogens is 1. The molecule has 1 heterocycles. The molecule has 0 fully saturated rings. The summed E-state index contributed by atoms with van der Waals surface area (Å²) in [5, 5.41) is 35.6. The van der Waals surface area contributed by atoms with Crippen molar-refractivity contribution in [3.63, 3.8) is 0 Å². The third kappa shape index (κ3) is 10.4. The Balaban J connectivity index is 2.26. The zero-order valence-corrected chi connectivity index (χ0v) is 21.6. The van der Waals surface area contributed by atoms with Crippen molar-refractivity contribution in [2.75, 3.05) is 0 Å². The molecule has 39 heavy (non-hydrogen) atoms. The lowest BCUT2D eigenvalue weighted by Gasteiger charge is -2.25. The largest absolute Gasteiger partial charge is 0.508 e. The topological polar surface area (TPSA) is 237 Å². The van der Waals surface area contributed by atoms with Crippen LogP contribution in [0.5, 0.6) is 5.75 Å². The second kappa shape index (κ2) is 14.5. The smallest absolute Gasteiger partial charge is 0.326 e. The highest BCUT2D eigenvalue weighted by molar-refractivity contribution is 5.95. The molecule has 4 atom stereocenters. The number of phenolic OH excluding ortho intramolecular Hbond substituents is 1. The van der Waals surface area contributed by atoms with Crippen molar-refractivity contribution in [2.45, 2.75) is 63.7 Å². The van der Waals surface area contributed by atoms with E-state index in [0.29, 0.717) is 17.7 Å². The van der Waals surface area contributed by atoms with Crippen LogP contribution in [0.15, 0.2) is 36.8 Å². The second-order valence-corrected chi connectivity index (χ2v) is 9.51. The van der Waals surface area contributed by atoms with Gasteiger partial charge in [-0.05, 0) is 30.0 Å². The Labute approximate surface area is 224 Å². The lowest BCUT2D eigenvalue weighted by molar-refractivity contribution is -0.143. The number of benzene rings is 1. The zero-order chi connectivity index (χ0) is 29.1. The number of nitrogens with zero attached hydrogens (tertiary/aromatic N) is 1. The quantitative estimate of drug-likeness (QED) is 0.140. The van der Waals surface area contributed by atoms with Crippen LogP contribution >= 0.6 is 0 Å². The molecule has 0 saturated heterocycles. The number of aromatic nitrogens is 2. The molecule has 1 aromatic carbocycles. The molecule has 4 unspecified atom stereocenters. The Kier molecular flexibility index (Phi) is 11.4. The number of rotatable bonds is 15. The summed E-state index contributed by atoms with van der Waals surface area (Å²) in [5.74, 6) is -5.23. The number of phenols is 1. The number of imidazole rings is 1. The first-order valence-electron chi connectivity index (χ1n) is 12.2. The molecule has 212 valence electrons. The van der Waals surface area contributed by atoms with Gasteiger partial charge in [-0.3, -0.25) is 19.2 Å². The van der Waals surface area contributed by atoms with Crippen molar-refractivity contribution >= 4 is 29.7 Å². The van der Waals surface area contributed by atoms with Crippen LogP contribution in [0.2, 0.25) is 0 Å². The predicted molar refractivity (Wildman–Crippen MR) is 137 cm³/mol. The maximum absolute atomic E-state index is 13.2. The lowest BCUT2D eigenvalue weighted by Crippen LogP contribution is -2.58. The van der Waals surface area contributed by atoms with E-state index in [1.54, 1.807) is 0 Å². The number of hydrogen-bond acceptors (Lipinski definition) is 8. The molecule has 14 nitrogen and oxygen atoms in total. The van der Waals surface area contributed by atoms with Crippen LogP contribution in [-0.4, -0.2) is 79.1 Å².